The fraction of sp³-hybridized carbons (Fsp3) is 0.667. The molecule has 0 amide bonds. The van der Waals surface area contributed by atoms with Crippen LogP contribution in [0.3, 0.4) is 0 Å². The number of ether oxygens (including phenoxy) is 2. The molecule has 0 aromatic carbocycles. The monoisotopic (exact) mass is 144 g/mol. The van der Waals surface area contributed by atoms with Crippen LogP contribution in [-0.4, -0.2) is 18.7 Å². The van der Waals surface area contributed by atoms with Gasteiger partial charge in [-0.2, -0.15) is 0 Å². The van der Waals surface area contributed by atoms with Crippen molar-refractivity contribution in [2.24, 2.45) is 5.41 Å². The van der Waals surface area contributed by atoms with Crippen molar-refractivity contribution in [3.05, 3.63) is 0 Å². The third-order valence-electron chi connectivity index (χ3n) is 1.40. The maximum Gasteiger partial charge on any atom is 0.325 e. The second-order valence-corrected chi connectivity index (χ2v) is 2.61. The lowest BCUT2D eigenvalue weighted by atomic mass is 9.94. The zero-order valence-electron chi connectivity index (χ0n) is 5.84. The molecular weight excluding hydrogens is 136 g/mol. The molecule has 0 aromatic heterocycles. The molecule has 0 spiro atoms. The molecule has 0 unspecified atom stereocenters. The van der Waals surface area contributed by atoms with E-state index in [0.717, 1.165) is 0 Å². The zero-order valence-corrected chi connectivity index (χ0v) is 5.84. The minimum atomic E-state index is -1.13. The summed E-state index contributed by atoms with van der Waals surface area (Å²) in [7, 11) is 0. The Morgan fingerprint density at radius 3 is 1.90 bits per heavy atom. The standard InChI is InChI=1S/C6H8O4/c1-6(2)4(7)9-3-10-5(6)8/h3H2,1-2H3. The quantitative estimate of drug-likeness (QED) is 0.356. The molecule has 0 bridgehead atoms. The maximum atomic E-state index is 10.8. The van der Waals surface area contributed by atoms with Gasteiger partial charge in [-0.05, 0) is 13.8 Å². The van der Waals surface area contributed by atoms with E-state index in [1.165, 1.54) is 13.8 Å². The molecule has 0 atom stereocenters. The van der Waals surface area contributed by atoms with Gasteiger partial charge in [0.15, 0.2) is 5.41 Å². The van der Waals surface area contributed by atoms with E-state index in [0.29, 0.717) is 0 Å². The van der Waals surface area contributed by atoms with Crippen molar-refractivity contribution >= 4 is 11.9 Å². The minimum Gasteiger partial charge on any atom is -0.427 e. The van der Waals surface area contributed by atoms with Crippen LogP contribution < -0.4 is 0 Å². The normalized spacial score (nSPS) is 23.4. The molecule has 0 N–H and O–H groups in total. The molecule has 0 aliphatic carbocycles. The number of hydrogen-bond acceptors (Lipinski definition) is 4. The van der Waals surface area contributed by atoms with Gasteiger partial charge in [-0.3, -0.25) is 9.59 Å². The topological polar surface area (TPSA) is 52.6 Å². The van der Waals surface area contributed by atoms with Gasteiger partial charge in [0.25, 0.3) is 0 Å². The maximum absolute atomic E-state index is 10.8. The van der Waals surface area contributed by atoms with Crippen LogP contribution in [0.15, 0.2) is 0 Å². The summed E-state index contributed by atoms with van der Waals surface area (Å²) in [6.07, 6.45) is 0. The summed E-state index contributed by atoms with van der Waals surface area (Å²) >= 11 is 0. The van der Waals surface area contributed by atoms with Crippen LogP contribution in [0, 0.1) is 5.41 Å². The van der Waals surface area contributed by atoms with E-state index in [4.69, 9.17) is 0 Å². The Hall–Kier alpha value is -1.06. The predicted octanol–water partition coefficient (Wildman–Crippen LogP) is 0.0701. The van der Waals surface area contributed by atoms with Crippen molar-refractivity contribution in [2.75, 3.05) is 6.79 Å². The lowest BCUT2D eigenvalue weighted by Crippen LogP contribution is -2.41. The molecule has 1 saturated heterocycles. The van der Waals surface area contributed by atoms with Gasteiger partial charge in [0.1, 0.15) is 0 Å². The summed E-state index contributed by atoms with van der Waals surface area (Å²) in [5.74, 6) is -1.05. The Bertz CT molecular complexity index is 164. The van der Waals surface area contributed by atoms with Gasteiger partial charge in [0, 0.05) is 0 Å². The van der Waals surface area contributed by atoms with Crippen LogP contribution in [0.2, 0.25) is 0 Å². The van der Waals surface area contributed by atoms with E-state index in [-0.39, 0.29) is 6.79 Å². The van der Waals surface area contributed by atoms with E-state index in [1.54, 1.807) is 0 Å². The zero-order chi connectivity index (χ0) is 7.78. The number of carbonyl (C=O) groups is 2. The SMILES string of the molecule is CC1(C)C(=O)OCOC1=O. The van der Waals surface area contributed by atoms with Gasteiger partial charge < -0.3 is 9.47 Å². The number of cyclic esters (lactones) is 2. The van der Waals surface area contributed by atoms with Gasteiger partial charge in [0.2, 0.25) is 6.79 Å². The van der Waals surface area contributed by atoms with Crippen LogP contribution >= 0.6 is 0 Å². The summed E-state index contributed by atoms with van der Waals surface area (Å²) in [4.78, 5) is 21.6. The second kappa shape index (κ2) is 1.97. The molecule has 0 aromatic rings. The van der Waals surface area contributed by atoms with Crippen LogP contribution in [0.4, 0.5) is 0 Å². The third-order valence-corrected chi connectivity index (χ3v) is 1.40. The summed E-state index contributed by atoms with van der Waals surface area (Å²) in [6.45, 7) is 2.69. The molecule has 0 saturated carbocycles. The Labute approximate surface area is 58.1 Å². The van der Waals surface area contributed by atoms with Gasteiger partial charge in [-0.15, -0.1) is 0 Å². The molecule has 1 fully saturated rings. The van der Waals surface area contributed by atoms with E-state index in [1.807, 2.05) is 0 Å². The molecule has 4 heteroatoms. The van der Waals surface area contributed by atoms with Crippen LogP contribution in [0.25, 0.3) is 0 Å². The minimum absolute atomic E-state index is 0.249. The average molecular weight is 144 g/mol. The molecule has 1 aliphatic rings. The van der Waals surface area contributed by atoms with Gasteiger partial charge in [0.05, 0.1) is 0 Å². The van der Waals surface area contributed by atoms with Crippen LogP contribution in [0.1, 0.15) is 13.8 Å². The third kappa shape index (κ3) is 0.853. The lowest BCUT2D eigenvalue weighted by molar-refractivity contribution is -0.198. The lowest BCUT2D eigenvalue weighted by Gasteiger charge is -2.24. The molecule has 1 heterocycles. The first kappa shape index (κ1) is 7.05. The Kier molecular flexibility index (Phi) is 1.39. The first-order valence-electron chi connectivity index (χ1n) is 2.89. The molecular formula is C6H8O4. The molecule has 1 rings (SSSR count). The van der Waals surface area contributed by atoms with Gasteiger partial charge >= 0.3 is 11.9 Å². The van der Waals surface area contributed by atoms with Gasteiger partial charge in [-0.1, -0.05) is 0 Å². The summed E-state index contributed by atoms with van der Waals surface area (Å²) in [5, 5.41) is 0. The highest BCUT2D eigenvalue weighted by Gasteiger charge is 2.42. The average Bonchev–Trinajstić information content (AvgIpc) is 1.84. The first-order valence-corrected chi connectivity index (χ1v) is 2.89. The summed E-state index contributed by atoms with van der Waals surface area (Å²) in [5.41, 5.74) is -1.13. The number of hydrogen-bond donors (Lipinski definition) is 0. The van der Waals surface area contributed by atoms with E-state index in [2.05, 4.69) is 9.47 Å². The highest BCUT2D eigenvalue weighted by molar-refractivity contribution is 6.00. The predicted molar refractivity (Wildman–Crippen MR) is 30.8 cm³/mol. The van der Waals surface area contributed by atoms with Crippen molar-refractivity contribution in [1.82, 2.24) is 0 Å². The van der Waals surface area contributed by atoms with Gasteiger partial charge in [-0.25, -0.2) is 0 Å². The highest BCUT2D eigenvalue weighted by atomic mass is 16.7. The Morgan fingerprint density at radius 2 is 1.60 bits per heavy atom. The molecule has 1 aliphatic heterocycles. The summed E-state index contributed by atoms with van der Waals surface area (Å²) in [6, 6.07) is 0. The molecule has 56 valence electrons. The van der Waals surface area contributed by atoms with E-state index < -0.39 is 17.4 Å². The fourth-order valence-electron chi connectivity index (χ4n) is 0.581. The summed E-state index contributed by atoms with van der Waals surface area (Å²) < 4.78 is 8.96. The van der Waals surface area contributed by atoms with Crippen molar-refractivity contribution < 1.29 is 19.1 Å². The largest absolute Gasteiger partial charge is 0.427 e. The van der Waals surface area contributed by atoms with Crippen LogP contribution in [-0.2, 0) is 19.1 Å². The molecule has 4 nitrogen and oxygen atoms in total. The van der Waals surface area contributed by atoms with Crippen LogP contribution in [0.5, 0.6) is 0 Å². The van der Waals surface area contributed by atoms with Crippen molar-refractivity contribution in [3.8, 4) is 0 Å². The smallest absolute Gasteiger partial charge is 0.325 e. The van der Waals surface area contributed by atoms with Crippen molar-refractivity contribution in [3.63, 3.8) is 0 Å². The second-order valence-electron chi connectivity index (χ2n) is 2.61. The number of esters is 2. The van der Waals surface area contributed by atoms with E-state index >= 15 is 0 Å². The first-order chi connectivity index (χ1) is 4.55. The fourth-order valence-corrected chi connectivity index (χ4v) is 0.581. The number of carbonyl (C=O) groups excluding carboxylic acids is 2. The molecule has 0 radical (unpaired) electrons. The Balaban J connectivity index is 2.83. The Morgan fingerprint density at radius 1 is 1.20 bits per heavy atom. The van der Waals surface area contributed by atoms with Crippen molar-refractivity contribution in [2.45, 2.75) is 13.8 Å². The number of rotatable bonds is 0. The van der Waals surface area contributed by atoms with E-state index in [9.17, 15) is 9.59 Å². The van der Waals surface area contributed by atoms with Crippen molar-refractivity contribution in [1.29, 1.82) is 0 Å². The highest BCUT2D eigenvalue weighted by Crippen LogP contribution is 2.22. The molecule has 10 heavy (non-hydrogen) atoms.